The van der Waals surface area contributed by atoms with Gasteiger partial charge in [-0.25, -0.2) is 8.42 Å². The highest BCUT2D eigenvalue weighted by atomic mass is 32.2. The van der Waals surface area contributed by atoms with Crippen molar-refractivity contribution < 1.29 is 13.5 Å². The summed E-state index contributed by atoms with van der Waals surface area (Å²) in [7, 11) is -3.59. The van der Waals surface area contributed by atoms with Crippen molar-refractivity contribution >= 4 is 15.7 Å². The Morgan fingerprint density at radius 3 is 2.33 bits per heavy atom. The van der Waals surface area contributed by atoms with Gasteiger partial charge in [-0.3, -0.25) is 0 Å². The Morgan fingerprint density at radius 2 is 1.81 bits per heavy atom. The first-order valence-electron chi connectivity index (χ1n) is 7.25. The lowest BCUT2D eigenvalue weighted by Crippen LogP contribution is -2.64. The van der Waals surface area contributed by atoms with Gasteiger partial charge in [-0.15, -0.1) is 0 Å². The molecule has 1 aliphatic heterocycles. The molecule has 0 spiro atoms. The van der Waals surface area contributed by atoms with Crippen LogP contribution in [0.3, 0.4) is 0 Å². The summed E-state index contributed by atoms with van der Waals surface area (Å²) in [6, 6.07) is 1.81. The highest BCUT2D eigenvalue weighted by Crippen LogP contribution is 2.46. The molecule has 0 aromatic heterocycles. The fourth-order valence-corrected chi connectivity index (χ4v) is 5.33. The third-order valence-electron chi connectivity index (χ3n) is 4.80. The molecule has 3 rings (SSSR count). The molecule has 5 nitrogen and oxygen atoms in total. The van der Waals surface area contributed by atoms with Crippen molar-refractivity contribution in [3.05, 3.63) is 22.8 Å². The Balaban J connectivity index is 1.95. The molecular weight excluding hydrogens is 288 g/mol. The summed E-state index contributed by atoms with van der Waals surface area (Å²) in [5, 5.41) is 10.3. The second-order valence-electron chi connectivity index (χ2n) is 6.53. The van der Waals surface area contributed by atoms with Gasteiger partial charge < -0.3 is 10.8 Å². The standard InChI is InChI=1S/C15H22N2O3S/c1-9-6-10(2)14(11(3)13(9)16)21(19,20)17-7-15(18,8-17)12-4-5-12/h6,12,18H,4-5,7-8,16H2,1-3H3. The Morgan fingerprint density at radius 1 is 1.24 bits per heavy atom. The van der Waals surface area contributed by atoms with E-state index >= 15 is 0 Å². The molecule has 1 aromatic carbocycles. The second-order valence-corrected chi connectivity index (χ2v) is 8.40. The van der Waals surface area contributed by atoms with Gasteiger partial charge in [0.2, 0.25) is 10.0 Å². The van der Waals surface area contributed by atoms with E-state index in [1.807, 2.05) is 13.0 Å². The topological polar surface area (TPSA) is 83.6 Å². The van der Waals surface area contributed by atoms with E-state index in [4.69, 9.17) is 5.73 Å². The van der Waals surface area contributed by atoms with E-state index < -0.39 is 15.6 Å². The fourth-order valence-electron chi connectivity index (χ4n) is 3.32. The first-order chi connectivity index (χ1) is 9.67. The van der Waals surface area contributed by atoms with E-state index in [1.165, 1.54) is 4.31 Å². The van der Waals surface area contributed by atoms with Gasteiger partial charge in [0.15, 0.2) is 0 Å². The van der Waals surface area contributed by atoms with E-state index in [9.17, 15) is 13.5 Å². The lowest BCUT2D eigenvalue weighted by atomic mass is 9.91. The molecule has 0 amide bonds. The lowest BCUT2D eigenvalue weighted by Gasteiger charge is -2.46. The van der Waals surface area contributed by atoms with Crippen molar-refractivity contribution in [2.75, 3.05) is 18.8 Å². The first-order valence-corrected chi connectivity index (χ1v) is 8.69. The zero-order chi connectivity index (χ0) is 15.6. The monoisotopic (exact) mass is 310 g/mol. The second kappa shape index (κ2) is 4.44. The summed E-state index contributed by atoms with van der Waals surface area (Å²) in [5.41, 5.74) is 7.90. The van der Waals surface area contributed by atoms with Crippen LogP contribution in [0, 0.1) is 26.7 Å². The predicted molar refractivity (Wildman–Crippen MR) is 81.5 cm³/mol. The number of aryl methyl sites for hydroxylation is 2. The molecule has 116 valence electrons. The maximum absolute atomic E-state index is 12.8. The number of sulfonamides is 1. The highest BCUT2D eigenvalue weighted by molar-refractivity contribution is 7.89. The maximum atomic E-state index is 12.8. The van der Waals surface area contributed by atoms with Crippen LogP contribution < -0.4 is 5.73 Å². The first kappa shape index (κ1) is 14.8. The molecule has 1 aromatic rings. The van der Waals surface area contributed by atoms with Crippen LogP contribution in [0.4, 0.5) is 5.69 Å². The zero-order valence-corrected chi connectivity index (χ0v) is 13.5. The number of hydrogen-bond acceptors (Lipinski definition) is 4. The van der Waals surface area contributed by atoms with Crippen LogP contribution >= 0.6 is 0 Å². The van der Waals surface area contributed by atoms with Crippen LogP contribution in [0.25, 0.3) is 0 Å². The zero-order valence-electron chi connectivity index (χ0n) is 12.7. The Kier molecular flexibility index (Phi) is 3.13. The number of nitrogens with zero attached hydrogens (tertiary/aromatic N) is 1. The number of β-amino-alcohol motifs (C(OH)–C–C–N with tert-alkyl or cyclic N) is 1. The minimum absolute atomic E-state index is 0.201. The molecule has 1 aliphatic carbocycles. The van der Waals surface area contributed by atoms with Gasteiger partial charge in [0.05, 0.1) is 10.5 Å². The van der Waals surface area contributed by atoms with Gasteiger partial charge >= 0.3 is 0 Å². The Bertz CT molecular complexity index is 702. The minimum Gasteiger partial charge on any atom is -0.398 e. The molecule has 1 saturated heterocycles. The molecule has 2 fully saturated rings. The van der Waals surface area contributed by atoms with Crippen LogP contribution in [-0.2, 0) is 10.0 Å². The molecule has 0 radical (unpaired) electrons. The number of nitrogens with two attached hydrogens (primary N) is 1. The smallest absolute Gasteiger partial charge is 0.243 e. The molecule has 21 heavy (non-hydrogen) atoms. The van der Waals surface area contributed by atoms with Crippen LogP contribution in [0.5, 0.6) is 0 Å². The molecule has 1 heterocycles. The Hall–Kier alpha value is -1.11. The summed E-state index contributed by atoms with van der Waals surface area (Å²) in [4.78, 5) is 0.295. The van der Waals surface area contributed by atoms with Crippen molar-refractivity contribution in [2.24, 2.45) is 5.92 Å². The minimum atomic E-state index is -3.59. The summed E-state index contributed by atoms with van der Waals surface area (Å²) in [5.74, 6) is 0.272. The summed E-state index contributed by atoms with van der Waals surface area (Å²) >= 11 is 0. The maximum Gasteiger partial charge on any atom is 0.243 e. The van der Waals surface area contributed by atoms with E-state index in [1.54, 1.807) is 13.8 Å². The van der Waals surface area contributed by atoms with E-state index in [-0.39, 0.29) is 19.0 Å². The van der Waals surface area contributed by atoms with Crippen molar-refractivity contribution in [3.63, 3.8) is 0 Å². The van der Waals surface area contributed by atoms with Gasteiger partial charge in [0.25, 0.3) is 0 Å². The summed E-state index contributed by atoms with van der Waals surface area (Å²) < 4.78 is 27.0. The third-order valence-corrected chi connectivity index (χ3v) is 6.88. The van der Waals surface area contributed by atoms with E-state index in [0.29, 0.717) is 21.7 Å². The quantitative estimate of drug-likeness (QED) is 0.825. The molecule has 0 bridgehead atoms. The van der Waals surface area contributed by atoms with Crippen molar-refractivity contribution in [1.29, 1.82) is 0 Å². The van der Waals surface area contributed by atoms with Gasteiger partial charge in [-0.05, 0) is 56.2 Å². The average molecular weight is 310 g/mol. The molecule has 1 saturated carbocycles. The van der Waals surface area contributed by atoms with Crippen LogP contribution in [0.15, 0.2) is 11.0 Å². The van der Waals surface area contributed by atoms with Gasteiger partial charge in [0.1, 0.15) is 0 Å². The molecular formula is C15H22N2O3S. The third kappa shape index (κ3) is 2.17. The van der Waals surface area contributed by atoms with Crippen molar-refractivity contribution in [1.82, 2.24) is 4.31 Å². The predicted octanol–water partition coefficient (Wildman–Crippen LogP) is 1.34. The van der Waals surface area contributed by atoms with Gasteiger partial charge in [-0.1, -0.05) is 6.07 Å². The summed E-state index contributed by atoms with van der Waals surface area (Å²) in [6.45, 7) is 5.81. The van der Waals surface area contributed by atoms with Crippen LogP contribution in [0.1, 0.15) is 29.5 Å². The number of rotatable bonds is 3. The average Bonchev–Trinajstić information content (AvgIpc) is 3.16. The van der Waals surface area contributed by atoms with Crippen molar-refractivity contribution in [2.45, 2.75) is 44.1 Å². The molecule has 6 heteroatoms. The number of hydrogen-bond donors (Lipinski definition) is 2. The number of aliphatic hydroxyl groups is 1. The van der Waals surface area contributed by atoms with Gasteiger partial charge in [0, 0.05) is 18.8 Å². The van der Waals surface area contributed by atoms with E-state index in [0.717, 1.165) is 18.4 Å². The van der Waals surface area contributed by atoms with E-state index in [2.05, 4.69) is 0 Å². The lowest BCUT2D eigenvalue weighted by molar-refractivity contribution is -0.0765. The molecule has 0 unspecified atom stereocenters. The Labute approximate surface area is 125 Å². The molecule has 2 aliphatic rings. The van der Waals surface area contributed by atoms with Crippen LogP contribution in [-0.4, -0.2) is 36.5 Å². The van der Waals surface area contributed by atoms with Gasteiger partial charge in [-0.2, -0.15) is 4.31 Å². The summed E-state index contributed by atoms with van der Waals surface area (Å²) in [6.07, 6.45) is 2.00. The number of nitrogen functional groups attached to an aromatic ring is 1. The van der Waals surface area contributed by atoms with Crippen LogP contribution in [0.2, 0.25) is 0 Å². The number of benzene rings is 1. The number of anilines is 1. The van der Waals surface area contributed by atoms with Crippen molar-refractivity contribution in [3.8, 4) is 0 Å². The molecule has 0 atom stereocenters. The SMILES string of the molecule is Cc1cc(C)c(S(=O)(=O)N2CC(O)(C3CC3)C2)c(C)c1N. The highest BCUT2D eigenvalue weighted by Gasteiger charge is 2.55. The molecule has 3 N–H and O–H groups in total. The normalized spacial score (nSPS) is 22.1. The largest absolute Gasteiger partial charge is 0.398 e. The fraction of sp³-hybridized carbons (Fsp3) is 0.600.